The summed E-state index contributed by atoms with van der Waals surface area (Å²) in [6.07, 6.45) is 7.68. The largest absolute Gasteiger partial charge is 0.379 e. The van der Waals surface area contributed by atoms with Crippen LogP contribution in [0.25, 0.3) is 16.9 Å². The second-order valence-electron chi connectivity index (χ2n) is 7.66. The molecule has 28 heavy (non-hydrogen) atoms. The number of halogens is 2. The van der Waals surface area contributed by atoms with E-state index < -0.39 is 0 Å². The van der Waals surface area contributed by atoms with Gasteiger partial charge in [0.1, 0.15) is 11.5 Å². The number of rotatable bonds is 2. The molecule has 6 nitrogen and oxygen atoms in total. The van der Waals surface area contributed by atoms with Gasteiger partial charge in [0.25, 0.3) is 0 Å². The summed E-state index contributed by atoms with van der Waals surface area (Å²) in [5.41, 5.74) is 8.71. The molecule has 4 heterocycles. The molecular weight excluding hydrogens is 397 g/mol. The zero-order chi connectivity index (χ0) is 19.3. The molecule has 146 valence electrons. The van der Waals surface area contributed by atoms with Crippen LogP contribution in [-0.4, -0.2) is 46.7 Å². The average molecular weight is 418 g/mol. The summed E-state index contributed by atoms with van der Waals surface area (Å²) in [4.78, 5) is 11.6. The lowest BCUT2D eigenvalue weighted by molar-refractivity contribution is 0.131. The van der Waals surface area contributed by atoms with E-state index in [0.717, 1.165) is 55.3 Å². The molecule has 2 aromatic heterocycles. The normalized spacial score (nSPS) is 21.7. The number of nitrogens with zero attached hydrogens (tertiary/aromatic N) is 4. The molecule has 2 N–H and O–H groups in total. The molecule has 2 aliphatic heterocycles. The summed E-state index contributed by atoms with van der Waals surface area (Å²) in [6.45, 7) is 3.28. The van der Waals surface area contributed by atoms with Crippen molar-refractivity contribution in [2.24, 2.45) is 11.1 Å². The number of ether oxygens (including phenoxy) is 1. The maximum atomic E-state index is 6.42. The van der Waals surface area contributed by atoms with Crippen molar-refractivity contribution >= 4 is 34.7 Å². The fourth-order valence-electron chi connectivity index (χ4n) is 4.39. The second kappa shape index (κ2) is 6.88. The van der Waals surface area contributed by atoms with Gasteiger partial charge in [-0.15, -0.1) is 0 Å². The van der Waals surface area contributed by atoms with E-state index in [9.17, 15) is 0 Å². The Kier molecular flexibility index (Phi) is 4.47. The first-order valence-electron chi connectivity index (χ1n) is 9.44. The molecule has 8 heteroatoms. The molecule has 0 aliphatic carbocycles. The van der Waals surface area contributed by atoms with Crippen LogP contribution in [0.4, 0.5) is 5.82 Å². The van der Waals surface area contributed by atoms with Gasteiger partial charge in [-0.2, -0.15) is 0 Å². The lowest BCUT2D eigenvalue weighted by Gasteiger charge is -2.41. The van der Waals surface area contributed by atoms with Crippen molar-refractivity contribution in [3.8, 4) is 11.3 Å². The Hall–Kier alpha value is -1.86. The maximum absolute atomic E-state index is 6.42. The predicted octanol–water partition coefficient (Wildman–Crippen LogP) is 3.65. The van der Waals surface area contributed by atoms with Crippen LogP contribution in [-0.2, 0) is 4.74 Å². The quantitative estimate of drug-likeness (QED) is 0.688. The second-order valence-corrected chi connectivity index (χ2v) is 8.44. The van der Waals surface area contributed by atoms with Crippen molar-refractivity contribution < 1.29 is 4.74 Å². The first kappa shape index (κ1) is 18.2. The van der Waals surface area contributed by atoms with Crippen LogP contribution >= 0.6 is 23.2 Å². The van der Waals surface area contributed by atoms with Gasteiger partial charge in [-0.3, -0.25) is 4.40 Å². The molecule has 1 unspecified atom stereocenters. The summed E-state index contributed by atoms with van der Waals surface area (Å²) in [5, 5.41) is 0.996. The Labute approximate surface area is 173 Å². The van der Waals surface area contributed by atoms with Gasteiger partial charge in [0.2, 0.25) is 0 Å². The van der Waals surface area contributed by atoms with Gasteiger partial charge < -0.3 is 15.4 Å². The number of hydrogen-bond acceptors (Lipinski definition) is 5. The van der Waals surface area contributed by atoms with Crippen LogP contribution in [0.5, 0.6) is 0 Å². The third-order valence-corrected chi connectivity index (χ3v) is 6.99. The van der Waals surface area contributed by atoms with Crippen LogP contribution in [0, 0.1) is 5.41 Å². The molecule has 0 radical (unpaired) electrons. The van der Waals surface area contributed by atoms with Gasteiger partial charge in [0.05, 0.1) is 29.5 Å². The monoisotopic (exact) mass is 417 g/mol. The van der Waals surface area contributed by atoms with E-state index in [2.05, 4.69) is 14.3 Å². The molecule has 2 saturated heterocycles. The van der Waals surface area contributed by atoms with E-state index in [0.29, 0.717) is 16.7 Å². The highest BCUT2D eigenvalue weighted by Gasteiger charge is 2.44. The summed E-state index contributed by atoms with van der Waals surface area (Å²) >= 11 is 12.6. The molecular formula is C20H21Cl2N5O. The van der Waals surface area contributed by atoms with E-state index in [1.165, 1.54) is 0 Å². The number of anilines is 1. The van der Waals surface area contributed by atoms with E-state index in [1.807, 2.05) is 24.5 Å². The molecule has 0 bridgehead atoms. The maximum Gasteiger partial charge on any atom is 0.165 e. The first-order chi connectivity index (χ1) is 13.6. The Morgan fingerprint density at radius 1 is 1.18 bits per heavy atom. The fraction of sp³-hybridized carbons (Fsp3) is 0.400. The number of benzene rings is 1. The van der Waals surface area contributed by atoms with Crippen molar-refractivity contribution in [1.82, 2.24) is 14.4 Å². The molecule has 2 fully saturated rings. The van der Waals surface area contributed by atoms with E-state index in [4.69, 9.17) is 38.7 Å². The number of imidazole rings is 1. The van der Waals surface area contributed by atoms with Crippen LogP contribution in [0.3, 0.4) is 0 Å². The summed E-state index contributed by atoms with van der Waals surface area (Å²) in [5.74, 6) is 1.02. The topological polar surface area (TPSA) is 68.7 Å². The minimum atomic E-state index is 0.117. The predicted molar refractivity (Wildman–Crippen MR) is 111 cm³/mol. The van der Waals surface area contributed by atoms with Crippen molar-refractivity contribution in [1.29, 1.82) is 0 Å². The zero-order valence-electron chi connectivity index (χ0n) is 15.3. The molecule has 0 saturated carbocycles. The Morgan fingerprint density at radius 3 is 2.75 bits per heavy atom. The van der Waals surface area contributed by atoms with Gasteiger partial charge >= 0.3 is 0 Å². The van der Waals surface area contributed by atoms with Gasteiger partial charge in [0, 0.05) is 42.5 Å². The van der Waals surface area contributed by atoms with Gasteiger partial charge in [-0.25, -0.2) is 9.97 Å². The lowest BCUT2D eigenvalue weighted by Crippen LogP contribution is -2.49. The SMILES string of the molecule is NC1COCC12CCN(c1cnc(-c3cccc(Cl)c3Cl)c3nccn13)CC2. The van der Waals surface area contributed by atoms with Gasteiger partial charge in [-0.1, -0.05) is 35.3 Å². The van der Waals surface area contributed by atoms with Gasteiger partial charge in [-0.05, 0) is 18.9 Å². The van der Waals surface area contributed by atoms with E-state index in [1.54, 1.807) is 12.3 Å². The summed E-state index contributed by atoms with van der Waals surface area (Å²) in [7, 11) is 0. The van der Waals surface area contributed by atoms with Crippen molar-refractivity contribution in [3.63, 3.8) is 0 Å². The number of hydrogen-bond donors (Lipinski definition) is 1. The molecule has 1 spiro atoms. The Morgan fingerprint density at radius 2 is 2.00 bits per heavy atom. The van der Waals surface area contributed by atoms with Crippen molar-refractivity contribution in [2.45, 2.75) is 18.9 Å². The lowest BCUT2D eigenvalue weighted by atomic mass is 9.75. The van der Waals surface area contributed by atoms with Gasteiger partial charge in [0.15, 0.2) is 5.65 Å². The fourth-order valence-corrected chi connectivity index (χ4v) is 4.78. The highest BCUT2D eigenvalue weighted by atomic mass is 35.5. The molecule has 2 aliphatic rings. The molecule has 0 amide bonds. The molecule has 5 rings (SSSR count). The first-order valence-corrected chi connectivity index (χ1v) is 10.2. The van der Waals surface area contributed by atoms with Crippen molar-refractivity contribution in [3.05, 3.63) is 46.8 Å². The third kappa shape index (κ3) is 2.78. The van der Waals surface area contributed by atoms with E-state index >= 15 is 0 Å². The molecule has 1 atom stereocenters. The van der Waals surface area contributed by atoms with E-state index in [-0.39, 0.29) is 11.5 Å². The molecule has 3 aromatic rings. The van der Waals surface area contributed by atoms with Crippen LogP contribution in [0.1, 0.15) is 12.8 Å². The minimum absolute atomic E-state index is 0.117. The van der Waals surface area contributed by atoms with Crippen LogP contribution in [0.15, 0.2) is 36.8 Å². The van der Waals surface area contributed by atoms with Crippen LogP contribution < -0.4 is 10.6 Å². The highest BCUT2D eigenvalue weighted by Crippen LogP contribution is 2.40. The smallest absolute Gasteiger partial charge is 0.165 e. The zero-order valence-corrected chi connectivity index (χ0v) is 16.8. The Balaban J connectivity index is 1.50. The number of nitrogens with two attached hydrogens (primary N) is 1. The highest BCUT2D eigenvalue weighted by molar-refractivity contribution is 6.43. The summed E-state index contributed by atoms with van der Waals surface area (Å²) in [6, 6.07) is 5.69. The van der Waals surface area contributed by atoms with Crippen molar-refractivity contribution in [2.75, 3.05) is 31.2 Å². The number of aromatic nitrogens is 3. The minimum Gasteiger partial charge on any atom is -0.379 e. The molecule has 1 aromatic carbocycles. The standard InChI is InChI=1S/C20H21Cl2N5O/c21-14-3-1-2-13(17(14)22)18-19-24-6-9-27(19)16(10-25-18)26-7-4-20(5-8-26)12-28-11-15(20)23/h1-3,6,9-10,15H,4-5,7-8,11-12,23H2. The van der Waals surface area contributed by atoms with Crippen LogP contribution in [0.2, 0.25) is 10.0 Å². The number of fused-ring (bicyclic) bond motifs is 1. The Bertz CT molecular complexity index is 1030. The average Bonchev–Trinajstić information content (AvgIpc) is 3.32. The summed E-state index contributed by atoms with van der Waals surface area (Å²) < 4.78 is 7.71. The number of piperidine rings is 1. The third-order valence-electron chi connectivity index (χ3n) is 6.17.